The molecular weight excluding hydrogens is 416 g/mol. The number of methoxy groups -OCH3 is 1. The average Bonchev–Trinajstić information content (AvgIpc) is 3.40. The van der Waals surface area contributed by atoms with E-state index in [0.29, 0.717) is 27.1 Å². The lowest BCUT2D eigenvalue weighted by Gasteiger charge is -2.12. The molecule has 9 heteroatoms. The number of rotatable bonds is 6. The maximum absolute atomic E-state index is 13.0. The van der Waals surface area contributed by atoms with E-state index in [1.165, 1.54) is 36.1 Å². The molecule has 1 aliphatic heterocycles. The largest absolute Gasteiger partial charge is 0.504 e. The molecule has 0 saturated carbocycles. The lowest BCUT2D eigenvalue weighted by molar-refractivity contribution is -0.122. The zero-order valence-corrected chi connectivity index (χ0v) is 17.3. The first-order valence-electron chi connectivity index (χ1n) is 9.26. The van der Waals surface area contributed by atoms with Gasteiger partial charge in [-0.05, 0) is 65.4 Å². The van der Waals surface area contributed by atoms with Crippen LogP contribution in [0.25, 0.3) is 6.08 Å². The van der Waals surface area contributed by atoms with Crippen LogP contribution in [0.3, 0.4) is 0 Å². The molecule has 2 aromatic heterocycles. The molecule has 8 nitrogen and oxygen atoms in total. The molecule has 156 valence electrons. The standard InChI is InChI=1S/C22H18N4O4S/c1-29-19-10-16(6-7-18(19)27)13-24-25-22-26(14-17-5-3-9-30-17)21(28)20(31-22)11-15-4-2-8-23-12-15/h2-13,27H,14H2,1H3/b20-11-,24-13+,25-22-. The summed E-state index contributed by atoms with van der Waals surface area (Å²) in [5.74, 6) is 0.822. The fourth-order valence-corrected chi connectivity index (χ4v) is 3.75. The van der Waals surface area contributed by atoms with Gasteiger partial charge in [-0.2, -0.15) is 5.10 Å². The molecule has 0 atom stereocenters. The molecule has 1 N–H and O–H groups in total. The number of amidine groups is 1. The summed E-state index contributed by atoms with van der Waals surface area (Å²) in [5, 5.41) is 18.5. The smallest absolute Gasteiger partial charge is 0.267 e. The molecule has 0 aliphatic carbocycles. The van der Waals surface area contributed by atoms with Gasteiger partial charge in [0.25, 0.3) is 5.91 Å². The number of aromatic nitrogens is 1. The zero-order valence-electron chi connectivity index (χ0n) is 16.5. The molecule has 0 unspecified atom stereocenters. The van der Waals surface area contributed by atoms with E-state index in [2.05, 4.69) is 15.2 Å². The number of furan rings is 1. The van der Waals surface area contributed by atoms with Crippen LogP contribution in [-0.4, -0.2) is 39.4 Å². The molecule has 1 saturated heterocycles. The highest BCUT2D eigenvalue weighted by molar-refractivity contribution is 8.18. The molecule has 0 bridgehead atoms. The van der Waals surface area contributed by atoms with E-state index in [1.807, 2.05) is 12.1 Å². The Morgan fingerprint density at radius 1 is 1.26 bits per heavy atom. The van der Waals surface area contributed by atoms with Crippen molar-refractivity contribution in [2.75, 3.05) is 7.11 Å². The number of pyridine rings is 1. The van der Waals surface area contributed by atoms with Crippen molar-refractivity contribution < 1.29 is 19.1 Å². The summed E-state index contributed by atoms with van der Waals surface area (Å²) in [6, 6.07) is 12.1. The van der Waals surface area contributed by atoms with E-state index in [4.69, 9.17) is 9.15 Å². The van der Waals surface area contributed by atoms with Crippen LogP contribution in [0.2, 0.25) is 0 Å². The SMILES string of the molecule is COc1cc(/C=N/N=C2\S/C(=C\c3cccnc3)C(=O)N2Cc2ccco2)ccc1O. The Morgan fingerprint density at radius 2 is 2.16 bits per heavy atom. The van der Waals surface area contributed by atoms with Crippen molar-refractivity contribution in [2.24, 2.45) is 10.2 Å². The Labute approximate surface area is 182 Å². The number of hydrogen-bond donors (Lipinski definition) is 1. The number of thioether (sulfide) groups is 1. The van der Waals surface area contributed by atoms with Crippen molar-refractivity contribution in [3.63, 3.8) is 0 Å². The first-order valence-corrected chi connectivity index (χ1v) is 10.1. The number of phenolic OH excluding ortho intramolecular Hbond substituents is 1. The van der Waals surface area contributed by atoms with Gasteiger partial charge in [0, 0.05) is 12.4 Å². The van der Waals surface area contributed by atoms with E-state index in [9.17, 15) is 9.90 Å². The quantitative estimate of drug-likeness (QED) is 0.359. The van der Waals surface area contributed by atoms with E-state index in [1.54, 1.807) is 49.0 Å². The average molecular weight is 434 g/mol. The lowest BCUT2D eigenvalue weighted by atomic mass is 10.2. The number of hydrogen-bond acceptors (Lipinski definition) is 8. The van der Waals surface area contributed by atoms with Gasteiger partial charge in [0.1, 0.15) is 5.76 Å². The van der Waals surface area contributed by atoms with Crippen molar-refractivity contribution in [3.8, 4) is 11.5 Å². The second-order valence-corrected chi connectivity index (χ2v) is 7.44. The molecule has 31 heavy (non-hydrogen) atoms. The molecule has 1 aromatic carbocycles. The normalized spacial score (nSPS) is 16.7. The minimum Gasteiger partial charge on any atom is -0.504 e. The van der Waals surface area contributed by atoms with Crippen LogP contribution in [0.5, 0.6) is 11.5 Å². The third-order valence-corrected chi connectivity index (χ3v) is 5.32. The van der Waals surface area contributed by atoms with Crippen molar-refractivity contribution >= 4 is 35.1 Å². The Balaban J connectivity index is 1.61. The number of phenols is 1. The molecule has 3 aromatic rings. The monoisotopic (exact) mass is 434 g/mol. The molecule has 1 aliphatic rings. The first-order chi connectivity index (χ1) is 15.1. The third-order valence-electron chi connectivity index (χ3n) is 4.32. The van der Waals surface area contributed by atoms with E-state index in [-0.39, 0.29) is 18.2 Å². The Kier molecular flexibility index (Phi) is 6.13. The fourth-order valence-electron chi connectivity index (χ4n) is 2.81. The van der Waals surface area contributed by atoms with Crippen molar-refractivity contribution in [1.82, 2.24) is 9.88 Å². The Bertz CT molecular complexity index is 1160. The molecule has 1 amide bonds. The highest BCUT2D eigenvalue weighted by atomic mass is 32.2. The molecule has 1 fully saturated rings. The van der Waals surface area contributed by atoms with E-state index >= 15 is 0 Å². The van der Waals surface area contributed by atoms with Gasteiger partial charge in [-0.15, -0.1) is 5.10 Å². The second-order valence-electron chi connectivity index (χ2n) is 6.43. The van der Waals surface area contributed by atoms with Gasteiger partial charge in [-0.1, -0.05) is 6.07 Å². The van der Waals surface area contributed by atoms with Crippen LogP contribution in [0.15, 0.2) is 80.6 Å². The van der Waals surface area contributed by atoms with Crippen molar-refractivity contribution in [2.45, 2.75) is 6.54 Å². The van der Waals surface area contributed by atoms with Crippen LogP contribution >= 0.6 is 11.8 Å². The summed E-state index contributed by atoms with van der Waals surface area (Å²) >= 11 is 1.23. The maximum atomic E-state index is 13.0. The topological polar surface area (TPSA) is 101 Å². The minimum atomic E-state index is -0.189. The van der Waals surface area contributed by atoms with Gasteiger partial charge in [-0.25, -0.2) is 0 Å². The summed E-state index contributed by atoms with van der Waals surface area (Å²) < 4.78 is 10.5. The van der Waals surface area contributed by atoms with Gasteiger partial charge in [0.05, 0.1) is 31.0 Å². The van der Waals surface area contributed by atoms with Crippen molar-refractivity contribution in [3.05, 3.63) is 82.9 Å². The number of aromatic hydroxyl groups is 1. The summed E-state index contributed by atoms with van der Waals surface area (Å²) in [5.41, 5.74) is 1.51. The highest BCUT2D eigenvalue weighted by Gasteiger charge is 2.34. The highest BCUT2D eigenvalue weighted by Crippen LogP contribution is 2.33. The molecule has 0 spiro atoms. The number of ether oxygens (including phenoxy) is 1. The number of carbonyl (C=O) groups is 1. The van der Waals surface area contributed by atoms with Crippen LogP contribution in [0, 0.1) is 0 Å². The van der Waals surface area contributed by atoms with Crippen LogP contribution < -0.4 is 4.74 Å². The van der Waals surface area contributed by atoms with E-state index in [0.717, 1.165) is 5.56 Å². The molecule has 4 rings (SSSR count). The summed E-state index contributed by atoms with van der Waals surface area (Å²) in [6.07, 6.45) is 8.21. The van der Waals surface area contributed by atoms with Gasteiger partial charge in [-0.3, -0.25) is 14.7 Å². The fraction of sp³-hybridized carbons (Fsp3) is 0.0909. The number of carbonyl (C=O) groups excluding carboxylic acids is 1. The number of amides is 1. The Morgan fingerprint density at radius 3 is 2.90 bits per heavy atom. The third kappa shape index (κ3) is 4.84. The van der Waals surface area contributed by atoms with Crippen molar-refractivity contribution in [1.29, 1.82) is 0 Å². The van der Waals surface area contributed by atoms with Crippen LogP contribution in [0.1, 0.15) is 16.9 Å². The number of nitrogens with zero attached hydrogens (tertiary/aromatic N) is 4. The number of benzene rings is 1. The summed E-state index contributed by atoms with van der Waals surface area (Å²) in [6.45, 7) is 0.241. The molecule has 3 heterocycles. The zero-order chi connectivity index (χ0) is 21.6. The van der Waals surface area contributed by atoms with Gasteiger partial charge in [0.15, 0.2) is 16.7 Å². The van der Waals surface area contributed by atoms with Crippen LogP contribution in [0.4, 0.5) is 0 Å². The summed E-state index contributed by atoms with van der Waals surface area (Å²) in [7, 11) is 1.47. The van der Waals surface area contributed by atoms with Gasteiger partial charge < -0.3 is 14.3 Å². The predicted molar refractivity (Wildman–Crippen MR) is 119 cm³/mol. The van der Waals surface area contributed by atoms with E-state index < -0.39 is 0 Å². The predicted octanol–water partition coefficient (Wildman–Crippen LogP) is 3.90. The minimum absolute atomic E-state index is 0.0395. The lowest BCUT2D eigenvalue weighted by Crippen LogP contribution is -2.28. The summed E-state index contributed by atoms with van der Waals surface area (Å²) in [4.78, 5) is 19.1. The first kappa shape index (κ1) is 20.4. The Hall–Kier alpha value is -3.85. The molecule has 0 radical (unpaired) electrons. The second kappa shape index (κ2) is 9.31. The van der Waals surface area contributed by atoms with Gasteiger partial charge >= 0.3 is 0 Å². The maximum Gasteiger partial charge on any atom is 0.267 e. The molecular formula is C22H18N4O4S. The van der Waals surface area contributed by atoms with Crippen LogP contribution in [-0.2, 0) is 11.3 Å². The van der Waals surface area contributed by atoms with Gasteiger partial charge in [0.2, 0.25) is 0 Å².